The van der Waals surface area contributed by atoms with Crippen molar-refractivity contribution in [2.75, 3.05) is 33.8 Å². The van der Waals surface area contributed by atoms with Gasteiger partial charge < -0.3 is 24.1 Å². The van der Waals surface area contributed by atoms with Crippen LogP contribution in [0.4, 0.5) is 4.79 Å². The maximum absolute atomic E-state index is 13.4. The van der Waals surface area contributed by atoms with Crippen molar-refractivity contribution in [1.29, 1.82) is 0 Å². The molecule has 0 aromatic heterocycles. The molecule has 7 heteroatoms. The zero-order valence-electron chi connectivity index (χ0n) is 28.2. The van der Waals surface area contributed by atoms with Gasteiger partial charge in [-0.2, -0.15) is 0 Å². The van der Waals surface area contributed by atoms with E-state index in [1.54, 1.807) is 7.11 Å². The summed E-state index contributed by atoms with van der Waals surface area (Å²) in [5.74, 6) is 3.53. The van der Waals surface area contributed by atoms with Crippen LogP contribution in [0.5, 0.6) is 11.5 Å². The number of ether oxygens (including phenoxy) is 2. The van der Waals surface area contributed by atoms with Crippen LogP contribution in [0.1, 0.15) is 115 Å². The highest BCUT2D eigenvalue weighted by Gasteiger charge is 2.57. The molecule has 4 aliphatic rings. The second-order valence-corrected chi connectivity index (χ2v) is 15.7. The lowest BCUT2D eigenvalue weighted by atomic mass is 9.52. The third kappa shape index (κ3) is 6.88. The predicted molar refractivity (Wildman–Crippen MR) is 173 cm³/mol. The van der Waals surface area contributed by atoms with Gasteiger partial charge in [0.1, 0.15) is 12.1 Å². The molecule has 1 aliphatic heterocycles. The first kappa shape index (κ1) is 33.0. The van der Waals surface area contributed by atoms with Gasteiger partial charge in [-0.25, -0.2) is 4.79 Å². The highest BCUT2D eigenvalue weighted by molar-refractivity contribution is 5.87. The van der Waals surface area contributed by atoms with Crippen molar-refractivity contribution >= 4 is 18.2 Å². The minimum Gasteiger partial charge on any atom is -0.493 e. The molecule has 1 aromatic rings. The van der Waals surface area contributed by atoms with Crippen LogP contribution in [0.2, 0.25) is 0 Å². The van der Waals surface area contributed by atoms with Gasteiger partial charge in [-0.1, -0.05) is 27.7 Å². The molecule has 1 saturated heterocycles. The lowest BCUT2D eigenvalue weighted by molar-refractivity contribution is -0.130. The molecule has 1 heterocycles. The van der Waals surface area contributed by atoms with Crippen molar-refractivity contribution in [3.8, 4) is 11.5 Å². The van der Waals surface area contributed by atoms with E-state index >= 15 is 0 Å². The molecule has 3 aliphatic carbocycles. The monoisotopic (exact) mass is 608 g/mol. The Balaban J connectivity index is 1.30. The van der Waals surface area contributed by atoms with Crippen molar-refractivity contribution in [2.45, 2.75) is 117 Å². The standard InChI is InChI=1S/C37H56N2O5/c1-36(2,3)16-12-25-22-26-23-32(44-35(42)39-19-14-27(15-20-39)38(5)18-8-7-9-21-40)31(43-6)24-29(26)28-13-17-37(4)30(34(25)28)10-11-33(37)41/h21,23-25,27-28,30,34H,7-20,22H2,1-6H3. The minimum absolute atomic E-state index is 0.170. The van der Waals surface area contributed by atoms with Gasteiger partial charge in [0.05, 0.1) is 7.11 Å². The van der Waals surface area contributed by atoms with Crippen molar-refractivity contribution in [2.24, 2.45) is 28.6 Å². The first-order chi connectivity index (χ1) is 20.9. The van der Waals surface area contributed by atoms with Crippen LogP contribution in [-0.4, -0.2) is 67.8 Å². The first-order valence-electron chi connectivity index (χ1n) is 17.3. The highest BCUT2D eigenvalue weighted by atomic mass is 16.6. The normalized spacial score (nSPS) is 28.8. The van der Waals surface area contributed by atoms with Gasteiger partial charge in [0.2, 0.25) is 0 Å². The average molecular weight is 609 g/mol. The van der Waals surface area contributed by atoms with Crippen molar-refractivity contribution in [1.82, 2.24) is 9.80 Å². The molecule has 3 fully saturated rings. The molecule has 5 atom stereocenters. The van der Waals surface area contributed by atoms with Gasteiger partial charge in [0, 0.05) is 37.4 Å². The van der Waals surface area contributed by atoms with Gasteiger partial charge in [-0.05, 0) is 130 Å². The molecule has 2 saturated carbocycles. The summed E-state index contributed by atoms with van der Waals surface area (Å²) in [4.78, 5) is 41.3. The maximum atomic E-state index is 13.4. The molecule has 5 rings (SSSR count). The fourth-order valence-electron chi connectivity index (χ4n) is 9.12. The number of unbranched alkanes of at least 4 members (excludes halogenated alkanes) is 2. The molecule has 5 unspecified atom stereocenters. The summed E-state index contributed by atoms with van der Waals surface area (Å²) in [5, 5.41) is 0. The van der Waals surface area contributed by atoms with Crippen LogP contribution in [0, 0.1) is 28.6 Å². The van der Waals surface area contributed by atoms with Crippen molar-refractivity contribution in [3.05, 3.63) is 23.3 Å². The summed E-state index contributed by atoms with van der Waals surface area (Å²) in [6.07, 6.45) is 12.2. The number of carbonyl (C=O) groups is 3. The summed E-state index contributed by atoms with van der Waals surface area (Å²) < 4.78 is 11.9. The molecule has 7 nitrogen and oxygen atoms in total. The zero-order valence-corrected chi connectivity index (χ0v) is 28.2. The van der Waals surface area contributed by atoms with Gasteiger partial charge in [-0.15, -0.1) is 0 Å². The summed E-state index contributed by atoms with van der Waals surface area (Å²) in [6.45, 7) is 11.5. The fourth-order valence-corrected chi connectivity index (χ4v) is 9.12. The van der Waals surface area contributed by atoms with Crippen LogP contribution in [0.15, 0.2) is 12.1 Å². The summed E-state index contributed by atoms with van der Waals surface area (Å²) in [7, 11) is 3.81. The number of rotatable bonds is 10. The van der Waals surface area contributed by atoms with Crippen LogP contribution in [0.3, 0.4) is 0 Å². The molecular weight excluding hydrogens is 552 g/mol. The Morgan fingerprint density at radius 2 is 1.86 bits per heavy atom. The van der Waals surface area contributed by atoms with E-state index in [2.05, 4.69) is 51.8 Å². The number of ketones is 1. The van der Waals surface area contributed by atoms with Gasteiger partial charge in [0.25, 0.3) is 0 Å². The number of fused-ring (bicyclic) bond motifs is 5. The SMILES string of the molecule is COc1cc2c(cc1OC(=O)N1CCC(N(C)CCCCC=O)CC1)CC(CCC(C)(C)C)C1C2CCC2(C)C(=O)CCC12. The van der Waals surface area contributed by atoms with Gasteiger partial charge in [-0.3, -0.25) is 4.79 Å². The average Bonchev–Trinajstić information content (AvgIpc) is 3.31. The first-order valence-corrected chi connectivity index (χ1v) is 17.3. The molecule has 44 heavy (non-hydrogen) atoms. The molecule has 244 valence electrons. The topological polar surface area (TPSA) is 76.2 Å². The molecule has 0 spiro atoms. The highest BCUT2D eigenvalue weighted by Crippen LogP contribution is 2.62. The second kappa shape index (κ2) is 13.5. The van der Waals surface area contributed by atoms with E-state index in [0.29, 0.717) is 66.5 Å². The number of carbonyl (C=O) groups excluding carboxylic acids is 3. The largest absolute Gasteiger partial charge is 0.493 e. The molecule has 0 radical (unpaired) electrons. The third-order valence-corrected chi connectivity index (χ3v) is 11.8. The smallest absolute Gasteiger partial charge is 0.415 e. The lowest BCUT2D eigenvalue weighted by Crippen LogP contribution is -2.47. The Hall–Kier alpha value is -2.41. The van der Waals surface area contributed by atoms with E-state index in [-0.39, 0.29) is 16.9 Å². The number of piperidine rings is 1. The number of methoxy groups -OCH3 is 1. The third-order valence-electron chi connectivity index (χ3n) is 11.8. The fraction of sp³-hybridized carbons (Fsp3) is 0.757. The van der Waals surface area contributed by atoms with E-state index < -0.39 is 0 Å². The maximum Gasteiger partial charge on any atom is 0.415 e. The molecular formula is C37H56N2O5. The van der Waals surface area contributed by atoms with Gasteiger partial charge >= 0.3 is 6.09 Å². The van der Waals surface area contributed by atoms with E-state index in [1.165, 1.54) is 11.1 Å². The van der Waals surface area contributed by atoms with Crippen LogP contribution < -0.4 is 9.47 Å². The number of hydrogen-bond donors (Lipinski definition) is 0. The van der Waals surface area contributed by atoms with E-state index in [4.69, 9.17) is 9.47 Å². The Morgan fingerprint density at radius 1 is 1.11 bits per heavy atom. The minimum atomic E-state index is -0.300. The number of nitrogens with zero attached hydrogens (tertiary/aromatic N) is 2. The zero-order chi connectivity index (χ0) is 31.6. The quantitative estimate of drug-likeness (QED) is 0.203. The summed E-state index contributed by atoms with van der Waals surface area (Å²) in [6, 6.07) is 4.69. The summed E-state index contributed by atoms with van der Waals surface area (Å²) in [5.41, 5.74) is 2.73. The van der Waals surface area contributed by atoms with Gasteiger partial charge in [0.15, 0.2) is 11.5 Å². The molecule has 0 bridgehead atoms. The Labute approximate surface area is 265 Å². The number of Topliss-reactive ketones (excluding diaryl/α,β-unsaturated/α-hetero) is 1. The van der Waals surface area contributed by atoms with Crippen molar-refractivity contribution in [3.63, 3.8) is 0 Å². The summed E-state index contributed by atoms with van der Waals surface area (Å²) >= 11 is 0. The van der Waals surface area contributed by atoms with E-state index in [0.717, 1.165) is 83.5 Å². The number of likely N-dealkylation sites (tertiary alicyclic amines) is 1. The molecule has 1 amide bonds. The van der Waals surface area contributed by atoms with Crippen LogP contribution in [0.25, 0.3) is 0 Å². The Bertz CT molecular complexity index is 1200. The molecule has 1 aromatic carbocycles. The van der Waals surface area contributed by atoms with Crippen molar-refractivity contribution < 1.29 is 23.9 Å². The van der Waals surface area contributed by atoms with Crippen LogP contribution in [-0.2, 0) is 16.0 Å². The predicted octanol–water partition coefficient (Wildman–Crippen LogP) is 7.44. The van der Waals surface area contributed by atoms with E-state index in [9.17, 15) is 14.4 Å². The number of hydrogen-bond acceptors (Lipinski definition) is 6. The molecule has 0 N–H and O–H groups in total. The second-order valence-electron chi connectivity index (χ2n) is 15.7. The number of aldehydes is 1. The van der Waals surface area contributed by atoms with E-state index in [1.807, 2.05) is 4.90 Å². The lowest BCUT2D eigenvalue weighted by Gasteiger charge is -2.52. The van der Waals surface area contributed by atoms with Crippen LogP contribution >= 0.6 is 0 Å². The number of amides is 1. The Kier molecular flexibility index (Phi) is 10.1. The number of benzene rings is 1. The Morgan fingerprint density at radius 3 is 2.55 bits per heavy atom.